The molecule has 0 spiro atoms. The molecule has 2 rings (SSSR count). The summed E-state index contributed by atoms with van der Waals surface area (Å²) in [6.45, 7) is 5.26. The highest BCUT2D eigenvalue weighted by Gasteiger charge is 2.33. The largest absolute Gasteiger partial charge is 0.479 e. The molecule has 0 saturated carbocycles. The maximum Gasteiger partial charge on any atom is 0.334 e. The third-order valence-corrected chi connectivity index (χ3v) is 4.13. The number of likely N-dealkylation sites (N-methyl/N-ethyl adjacent to an activating group) is 1. The van der Waals surface area contributed by atoms with E-state index in [2.05, 4.69) is 18.9 Å². The zero-order valence-corrected chi connectivity index (χ0v) is 12.1. The standard InChI is InChI=1S/C13H23N3O4/c1-3-10-8-15(5-4-14(10)2)13(19)16-6-7-20-11(9-16)12(17)18/h10-11H,3-9H2,1-2H3,(H,17,18). The van der Waals surface area contributed by atoms with Crippen molar-refractivity contribution >= 4 is 12.0 Å². The number of morpholine rings is 1. The number of hydrogen-bond acceptors (Lipinski definition) is 4. The van der Waals surface area contributed by atoms with Crippen LogP contribution >= 0.6 is 0 Å². The van der Waals surface area contributed by atoms with Crippen LogP contribution in [-0.4, -0.2) is 90.3 Å². The van der Waals surface area contributed by atoms with Gasteiger partial charge in [0.25, 0.3) is 0 Å². The van der Waals surface area contributed by atoms with Crippen LogP contribution in [0.4, 0.5) is 4.79 Å². The Balaban J connectivity index is 1.95. The van der Waals surface area contributed by atoms with Crippen LogP contribution in [-0.2, 0) is 9.53 Å². The molecule has 0 aliphatic carbocycles. The number of rotatable bonds is 2. The Kier molecular flexibility index (Phi) is 4.82. The van der Waals surface area contributed by atoms with Crippen molar-refractivity contribution in [1.82, 2.24) is 14.7 Å². The second kappa shape index (κ2) is 6.41. The third-order valence-electron chi connectivity index (χ3n) is 4.13. The van der Waals surface area contributed by atoms with E-state index in [1.54, 1.807) is 4.90 Å². The topological polar surface area (TPSA) is 73.3 Å². The molecule has 2 unspecified atom stereocenters. The van der Waals surface area contributed by atoms with Crippen LogP contribution < -0.4 is 0 Å². The molecule has 2 aliphatic heterocycles. The normalized spacial score (nSPS) is 28.5. The van der Waals surface area contributed by atoms with Gasteiger partial charge in [-0.05, 0) is 13.5 Å². The van der Waals surface area contributed by atoms with Gasteiger partial charge in [-0.2, -0.15) is 0 Å². The highest BCUT2D eigenvalue weighted by Crippen LogP contribution is 2.14. The summed E-state index contributed by atoms with van der Waals surface area (Å²) in [5.74, 6) is -1.01. The Bertz CT molecular complexity index is 377. The minimum Gasteiger partial charge on any atom is -0.479 e. The molecule has 2 atom stereocenters. The summed E-state index contributed by atoms with van der Waals surface area (Å²) in [6.07, 6.45) is 0.100. The van der Waals surface area contributed by atoms with E-state index in [1.165, 1.54) is 0 Å². The van der Waals surface area contributed by atoms with Crippen molar-refractivity contribution in [2.45, 2.75) is 25.5 Å². The molecule has 0 radical (unpaired) electrons. The first-order valence-electron chi connectivity index (χ1n) is 7.11. The number of aliphatic carboxylic acids is 1. The van der Waals surface area contributed by atoms with Gasteiger partial charge in [0.2, 0.25) is 0 Å². The fourth-order valence-corrected chi connectivity index (χ4v) is 2.73. The molecule has 2 aliphatic rings. The molecule has 0 aromatic rings. The van der Waals surface area contributed by atoms with E-state index in [-0.39, 0.29) is 19.2 Å². The molecule has 0 aromatic heterocycles. The van der Waals surface area contributed by atoms with Crippen LogP contribution in [0, 0.1) is 0 Å². The number of amides is 2. The molecular weight excluding hydrogens is 262 g/mol. The van der Waals surface area contributed by atoms with Gasteiger partial charge in [-0.15, -0.1) is 0 Å². The van der Waals surface area contributed by atoms with Crippen LogP contribution in [0.3, 0.4) is 0 Å². The Morgan fingerprint density at radius 3 is 2.55 bits per heavy atom. The molecule has 2 heterocycles. The van der Waals surface area contributed by atoms with Gasteiger partial charge in [-0.25, -0.2) is 9.59 Å². The van der Waals surface area contributed by atoms with Crippen LogP contribution in [0.5, 0.6) is 0 Å². The molecule has 1 N–H and O–H groups in total. The number of carboxylic acid groups (broad SMARTS) is 1. The summed E-state index contributed by atoms with van der Waals surface area (Å²) in [6, 6.07) is 0.315. The SMILES string of the molecule is CCC1CN(C(=O)N2CCOC(C(=O)O)C2)CCN1C. The summed E-state index contributed by atoms with van der Waals surface area (Å²) < 4.78 is 5.15. The van der Waals surface area contributed by atoms with Gasteiger partial charge in [-0.1, -0.05) is 6.92 Å². The first-order valence-corrected chi connectivity index (χ1v) is 7.11. The fourth-order valence-electron chi connectivity index (χ4n) is 2.73. The van der Waals surface area contributed by atoms with Gasteiger partial charge in [0, 0.05) is 32.2 Å². The van der Waals surface area contributed by atoms with Gasteiger partial charge in [0.15, 0.2) is 6.10 Å². The van der Waals surface area contributed by atoms with E-state index >= 15 is 0 Å². The van der Waals surface area contributed by atoms with Crippen molar-refractivity contribution in [3.63, 3.8) is 0 Å². The number of urea groups is 1. The predicted octanol–water partition coefficient (Wildman–Crippen LogP) is -0.0822. The second-order valence-corrected chi connectivity index (χ2v) is 5.41. The van der Waals surface area contributed by atoms with Crippen LogP contribution in [0.1, 0.15) is 13.3 Å². The van der Waals surface area contributed by atoms with Crippen LogP contribution in [0.25, 0.3) is 0 Å². The molecule has 20 heavy (non-hydrogen) atoms. The smallest absolute Gasteiger partial charge is 0.334 e. The van der Waals surface area contributed by atoms with Gasteiger partial charge >= 0.3 is 12.0 Å². The Morgan fingerprint density at radius 1 is 1.20 bits per heavy atom. The maximum atomic E-state index is 12.5. The van der Waals surface area contributed by atoms with Gasteiger partial charge in [0.05, 0.1) is 13.2 Å². The van der Waals surface area contributed by atoms with E-state index in [0.717, 1.165) is 13.0 Å². The number of carbonyl (C=O) groups is 2. The number of piperazine rings is 1. The van der Waals surface area contributed by atoms with Crippen molar-refractivity contribution in [3.8, 4) is 0 Å². The average Bonchev–Trinajstić information content (AvgIpc) is 2.47. The lowest BCUT2D eigenvalue weighted by Crippen LogP contribution is -2.58. The lowest BCUT2D eigenvalue weighted by Gasteiger charge is -2.42. The van der Waals surface area contributed by atoms with Crippen molar-refractivity contribution in [1.29, 1.82) is 0 Å². The molecule has 2 saturated heterocycles. The quantitative estimate of drug-likeness (QED) is 0.768. The minimum absolute atomic E-state index is 0.0638. The minimum atomic E-state index is -1.01. The number of nitrogens with zero attached hydrogens (tertiary/aromatic N) is 3. The Morgan fingerprint density at radius 2 is 1.90 bits per heavy atom. The van der Waals surface area contributed by atoms with Crippen molar-refractivity contribution < 1.29 is 19.4 Å². The molecule has 2 fully saturated rings. The van der Waals surface area contributed by atoms with Crippen molar-refractivity contribution in [2.75, 3.05) is 46.4 Å². The van der Waals surface area contributed by atoms with Crippen molar-refractivity contribution in [3.05, 3.63) is 0 Å². The number of carboxylic acids is 1. The fraction of sp³-hybridized carbons (Fsp3) is 0.846. The van der Waals surface area contributed by atoms with Crippen LogP contribution in [0.15, 0.2) is 0 Å². The Hall–Kier alpha value is -1.34. The van der Waals surface area contributed by atoms with Gasteiger partial charge in [-0.3, -0.25) is 4.90 Å². The first kappa shape index (κ1) is 15.1. The third kappa shape index (κ3) is 3.21. The average molecular weight is 285 g/mol. The number of ether oxygens (including phenoxy) is 1. The molecule has 2 amide bonds. The summed E-state index contributed by atoms with van der Waals surface area (Å²) in [5, 5.41) is 8.98. The highest BCUT2D eigenvalue weighted by atomic mass is 16.5. The van der Waals surface area contributed by atoms with E-state index in [4.69, 9.17) is 9.84 Å². The Labute approximate surface area is 119 Å². The summed E-state index contributed by atoms with van der Waals surface area (Å²) in [5.41, 5.74) is 0. The lowest BCUT2D eigenvalue weighted by atomic mass is 10.1. The molecule has 0 bridgehead atoms. The monoisotopic (exact) mass is 285 g/mol. The summed E-state index contributed by atoms with van der Waals surface area (Å²) in [7, 11) is 2.07. The van der Waals surface area contributed by atoms with Crippen LogP contribution in [0.2, 0.25) is 0 Å². The predicted molar refractivity (Wildman–Crippen MR) is 72.6 cm³/mol. The van der Waals surface area contributed by atoms with E-state index < -0.39 is 12.1 Å². The van der Waals surface area contributed by atoms with E-state index in [1.807, 2.05) is 4.90 Å². The summed E-state index contributed by atoms with van der Waals surface area (Å²) >= 11 is 0. The maximum absolute atomic E-state index is 12.5. The van der Waals surface area contributed by atoms with Gasteiger partial charge in [0.1, 0.15) is 0 Å². The number of hydrogen-bond donors (Lipinski definition) is 1. The molecule has 114 valence electrons. The zero-order valence-electron chi connectivity index (χ0n) is 12.1. The first-order chi connectivity index (χ1) is 9.52. The highest BCUT2D eigenvalue weighted by molar-refractivity contribution is 5.77. The lowest BCUT2D eigenvalue weighted by molar-refractivity contribution is -0.154. The second-order valence-electron chi connectivity index (χ2n) is 5.41. The molecule has 0 aromatic carbocycles. The molecule has 7 nitrogen and oxygen atoms in total. The van der Waals surface area contributed by atoms with Crippen molar-refractivity contribution in [2.24, 2.45) is 0 Å². The van der Waals surface area contributed by atoms with E-state index in [0.29, 0.717) is 25.7 Å². The van der Waals surface area contributed by atoms with E-state index in [9.17, 15) is 9.59 Å². The zero-order chi connectivity index (χ0) is 14.7. The number of carbonyl (C=O) groups excluding carboxylic acids is 1. The summed E-state index contributed by atoms with van der Waals surface area (Å²) in [4.78, 5) is 29.1. The van der Waals surface area contributed by atoms with Gasteiger partial charge < -0.3 is 19.6 Å². The molecular formula is C13H23N3O4. The molecule has 7 heteroatoms.